The van der Waals surface area contributed by atoms with E-state index in [4.69, 9.17) is 5.73 Å². The maximum atomic E-state index is 12.4. The van der Waals surface area contributed by atoms with E-state index < -0.39 is 0 Å². The Morgan fingerprint density at radius 2 is 2.00 bits per heavy atom. The molecule has 0 fully saturated rings. The quantitative estimate of drug-likeness (QED) is 0.792. The summed E-state index contributed by atoms with van der Waals surface area (Å²) >= 11 is 0. The molecule has 2 aromatic rings. The van der Waals surface area contributed by atoms with Gasteiger partial charge in [0, 0.05) is 30.7 Å². The number of nitrogen functional groups attached to an aromatic ring is 1. The predicted molar refractivity (Wildman–Crippen MR) is 73.4 cm³/mol. The number of carbonyl (C=O) groups is 1. The van der Waals surface area contributed by atoms with Crippen LogP contribution < -0.4 is 5.73 Å². The molecule has 1 aliphatic rings. The van der Waals surface area contributed by atoms with Crippen LogP contribution in [0.3, 0.4) is 0 Å². The summed E-state index contributed by atoms with van der Waals surface area (Å²) in [6, 6.07) is 9.48. The summed E-state index contributed by atoms with van der Waals surface area (Å²) < 4.78 is 0. The minimum absolute atomic E-state index is 0.0160. The minimum Gasteiger partial charge on any atom is -0.399 e. The largest absolute Gasteiger partial charge is 0.399 e. The fourth-order valence-electron chi connectivity index (χ4n) is 2.33. The van der Waals surface area contributed by atoms with E-state index in [1.807, 2.05) is 42.2 Å². The molecule has 0 saturated heterocycles. The number of nitrogens with zero attached hydrogens (tertiary/aromatic N) is 2. The lowest BCUT2D eigenvalue weighted by Gasteiger charge is -2.15. The first-order valence-corrected chi connectivity index (χ1v) is 6.23. The molecular formula is C15H15N3O. The van der Waals surface area contributed by atoms with E-state index in [9.17, 15) is 4.79 Å². The van der Waals surface area contributed by atoms with Gasteiger partial charge in [0.15, 0.2) is 0 Å². The molecule has 0 saturated carbocycles. The Balaban J connectivity index is 1.82. The molecule has 0 aliphatic carbocycles. The first-order chi connectivity index (χ1) is 9.13. The van der Waals surface area contributed by atoms with Crippen molar-refractivity contribution in [3.8, 4) is 0 Å². The highest BCUT2D eigenvalue weighted by atomic mass is 16.2. The molecular weight excluding hydrogens is 238 g/mol. The number of aryl methyl sites for hydroxylation is 1. The molecule has 96 valence electrons. The van der Waals surface area contributed by atoms with Crippen LogP contribution in [0.15, 0.2) is 36.5 Å². The van der Waals surface area contributed by atoms with Gasteiger partial charge >= 0.3 is 0 Å². The average molecular weight is 253 g/mol. The number of anilines is 1. The lowest BCUT2D eigenvalue weighted by atomic mass is 10.1. The van der Waals surface area contributed by atoms with Gasteiger partial charge in [-0.05, 0) is 42.3 Å². The van der Waals surface area contributed by atoms with Gasteiger partial charge in [-0.2, -0.15) is 0 Å². The number of fused-ring (bicyclic) bond motifs is 1. The van der Waals surface area contributed by atoms with E-state index in [2.05, 4.69) is 4.98 Å². The fraction of sp³-hybridized carbons (Fsp3) is 0.200. The third-order valence-electron chi connectivity index (χ3n) is 3.40. The van der Waals surface area contributed by atoms with Crippen molar-refractivity contribution in [2.45, 2.75) is 20.0 Å². The van der Waals surface area contributed by atoms with Crippen LogP contribution in [0.25, 0.3) is 0 Å². The first-order valence-electron chi connectivity index (χ1n) is 6.23. The van der Waals surface area contributed by atoms with E-state index in [1.165, 1.54) is 5.56 Å². The number of nitrogens with two attached hydrogens (primary N) is 1. The number of amides is 1. The zero-order chi connectivity index (χ0) is 13.4. The third kappa shape index (κ3) is 2.17. The van der Waals surface area contributed by atoms with E-state index in [-0.39, 0.29) is 5.91 Å². The number of aromatic nitrogens is 1. The van der Waals surface area contributed by atoms with Gasteiger partial charge in [0.1, 0.15) is 0 Å². The van der Waals surface area contributed by atoms with Crippen LogP contribution in [0.5, 0.6) is 0 Å². The summed E-state index contributed by atoms with van der Waals surface area (Å²) in [6.45, 7) is 3.16. The molecule has 0 atom stereocenters. The van der Waals surface area contributed by atoms with Crippen LogP contribution in [0.4, 0.5) is 5.69 Å². The number of pyridine rings is 1. The van der Waals surface area contributed by atoms with E-state index in [1.54, 1.807) is 6.20 Å². The van der Waals surface area contributed by atoms with Crippen LogP contribution >= 0.6 is 0 Å². The first kappa shape index (κ1) is 11.7. The Morgan fingerprint density at radius 1 is 1.21 bits per heavy atom. The van der Waals surface area contributed by atoms with Crippen LogP contribution in [0.2, 0.25) is 0 Å². The summed E-state index contributed by atoms with van der Waals surface area (Å²) in [4.78, 5) is 18.3. The van der Waals surface area contributed by atoms with Gasteiger partial charge in [-0.3, -0.25) is 9.78 Å². The van der Waals surface area contributed by atoms with E-state index >= 15 is 0 Å². The molecule has 1 aromatic carbocycles. The molecule has 19 heavy (non-hydrogen) atoms. The zero-order valence-corrected chi connectivity index (χ0v) is 10.8. The van der Waals surface area contributed by atoms with Crippen LogP contribution in [-0.4, -0.2) is 15.8 Å². The van der Waals surface area contributed by atoms with E-state index in [0.717, 1.165) is 16.9 Å². The summed E-state index contributed by atoms with van der Waals surface area (Å²) in [5.41, 5.74) is 10.4. The maximum absolute atomic E-state index is 12.4. The number of hydrogen-bond donors (Lipinski definition) is 1. The number of rotatable bonds is 1. The number of benzene rings is 1. The molecule has 0 spiro atoms. The molecule has 0 unspecified atom stereocenters. The SMILES string of the molecule is Cc1ccc(C(=O)N2Cc3ccc(N)cc3C2)cn1. The monoisotopic (exact) mass is 253 g/mol. The summed E-state index contributed by atoms with van der Waals surface area (Å²) in [6.07, 6.45) is 1.63. The van der Waals surface area contributed by atoms with Gasteiger partial charge in [0.2, 0.25) is 0 Å². The highest BCUT2D eigenvalue weighted by Gasteiger charge is 2.24. The van der Waals surface area contributed by atoms with Gasteiger partial charge in [0.25, 0.3) is 5.91 Å². The van der Waals surface area contributed by atoms with Crippen LogP contribution in [-0.2, 0) is 13.1 Å². The summed E-state index contributed by atoms with van der Waals surface area (Å²) in [7, 11) is 0. The molecule has 1 aromatic heterocycles. The Labute approximate surface area is 111 Å². The Morgan fingerprint density at radius 3 is 2.74 bits per heavy atom. The van der Waals surface area contributed by atoms with Crippen LogP contribution in [0, 0.1) is 6.92 Å². The van der Waals surface area contributed by atoms with Crippen molar-refractivity contribution < 1.29 is 4.79 Å². The molecule has 4 heteroatoms. The second kappa shape index (κ2) is 4.39. The number of carbonyl (C=O) groups excluding carboxylic acids is 1. The Bertz CT molecular complexity index is 634. The smallest absolute Gasteiger partial charge is 0.256 e. The van der Waals surface area contributed by atoms with Crippen molar-refractivity contribution in [2.24, 2.45) is 0 Å². The van der Waals surface area contributed by atoms with Crippen molar-refractivity contribution in [1.82, 2.24) is 9.88 Å². The van der Waals surface area contributed by atoms with Crippen molar-refractivity contribution in [3.63, 3.8) is 0 Å². The molecule has 4 nitrogen and oxygen atoms in total. The number of hydrogen-bond acceptors (Lipinski definition) is 3. The molecule has 3 rings (SSSR count). The topological polar surface area (TPSA) is 59.2 Å². The van der Waals surface area contributed by atoms with Crippen molar-refractivity contribution in [3.05, 3.63) is 58.9 Å². The van der Waals surface area contributed by atoms with Gasteiger partial charge in [-0.1, -0.05) is 6.07 Å². The molecule has 1 aliphatic heterocycles. The molecule has 0 bridgehead atoms. The lowest BCUT2D eigenvalue weighted by Crippen LogP contribution is -2.25. The maximum Gasteiger partial charge on any atom is 0.256 e. The standard InChI is InChI=1S/C15H15N3O/c1-10-2-3-11(7-17-10)15(19)18-8-12-4-5-14(16)6-13(12)9-18/h2-7H,8-9,16H2,1H3. The highest BCUT2D eigenvalue weighted by molar-refractivity contribution is 5.94. The normalized spacial score (nSPS) is 13.4. The lowest BCUT2D eigenvalue weighted by molar-refractivity contribution is 0.0751. The van der Waals surface area contributed by atoms with Gasteiger partial charge in [-0.25, -0.2) is 0 Å². The minimum atomic E-state index is 0.0160. The second-order valence-corrected chi connectivity index (χ2v) is 4.88. The van der Waals surface area contributed by atoms with E-state index in [0.29, 0.717) is 18.7 Å². The van der Waals surface area contributed by atoms with Crippen molar-refractivity contribution in [2.75, 3.05) is 5.73 Å². The molecule has 2 heterocycles. The van der Waals surface area contributed by atoms with Crippen molar-refractivity contribution >= 4 is 11.6 Å². The molecule has 0 radical (unpaired) electrons. The summed E-state index contributed by atoms with van der Waals surface area (Å²) in [5.74, 6) is 0.0160. The van der Waals surface area contributed by atoms with Gasteiger partial charge in [-0.15, -0.1) is 0 Å². The molecule has 2 N–H and O–H groups in total. The Kier molecular flexibility index (Phi) is 2.71. The third-order valence-corrected chi connectivity index (χ3v) is 3.40. The van der Waals surface area contributed by atoms with Crippen LogP contribution in [0.1, 0.15) is 27.2 Å². The highest BCUT2D eigenvalue weighted by Crippen LogP contribution is 2.25. The fourth-order valence-corrected chi connectivity index (χ4v) is 2.33. The second-order valence-electron chi connectivity index (χ2n) is 4.88. The molecule has 1 amide bonds. The average Bonchev–Trinajstić information content (AvgIpc) is 2.81. The Hall–Kier alpha value is -2.36. The predicted octanol–water partition coefficient (Wildman–Crippen LogP) is 2.13. The summed E-state index contributed by atoms with van der Waals surface area (Å²) in [5, 5.41) is 0. The van der Waals surface area contributed by atoms with Gasteiger partial charge < -0.3 is 10.6 Å². The van der Waals surface area contributed by atoms with Crippen molar-refractivity contribution in [1.29, 1.82) is 0 Å². The van der Waals surface area contributed by atoms with Gasteiger partial charge in [0.05, 0.1) is 5.56 Å². The zero-order valence-electron chi connectivity index (χ0n) is 10.8.